The van der Waals surface area contributed by atoms with Crippen LogP contribution in [0.15, 0.2) is 65.9 Å². The third-order valence-electron chi connectivity index (χ3n) is 4.87. The highest BCUT2D eigenvalue weighted by Crippen LogP contribution is 2.37. The summed E-state index contributed by atoms with van der Waals surface area (Å²) >= 11 is 17.3. The molecule has 0 aliphatic heterocycles. The summed E-state index contributed by atoms with van der Waals surface area (Å²) in [6.45, 7) is 1.19. The van der Waals surface area contributed by atoms with Gasteiger partial charge in [0, 0.05) is 5.69 Å². The molecule has 4 aromatic carbocycles. The average molecular weight is 446 g/mol. The van der Waals surface area contributed by atoms with Gasteiger partial charge >= 0.3 is 0 Å². The Labute approximate surface area is 181 Å². The Morgan fingerprint density at radius 1 is 0.862 bits per heavy atom. The number of halogens is 3. The summed E-state index contributed by atoms with van der Waals surface area (Å²) in [4.78, 5) is 24.7. The van der Waals surface area contributed by atoms with Crippen molar-refractivity contribution in [3.8, 4) is 0 Å². The number of ketones is 1. The molecule has 0 spiro atoms. The van der Waals surface area contributed by atoms with E-state index in [1.807, 2.05) is 42.5 Å². The van der Waals surface area contributed by atoms with Crippen LogP contribution in [0.2, 0.25) is 0 Å². The smallest absolute Gasteiger partial charge is 0.261 e. The third kappa shape index (κ3) is 3.48. The number of rotatable bonds is 3. The molecule has 0 fully saturated rings. The van der Waals surface area contributed by atoms with Gasteiger partial charge in [-0.2, -0.15) is 0 Å². The molecule has 1 amide bonds. The van der Waals surface area contributed by atoms with E-state index in [2.05, 4.69) is 17.4 Å². The summed E-state index contributed by atoms with van der Waals surface area (Å²) < 4.78 is -2.06. The number of carbonyl (C=O) groups excluding carboxylic acids is 2. The number of hydrogen-bond acceptors (Lipinski definition) is 3. The average Bonchev–Trinajstić information content (AvgIpc) is 2.65. The number of alkyl halides is 3. The van der Waals surface area contributed by atoms with Gasteiger partial charge in [-0.25, -0.2) is 0 Å². The summed E-state index contributed by atoms with van der Waals surface area (Å²) in [6.07, 6.45) is 0. The number of nitrogens with one attached hydrogen (secondary N) is 1. The van der Waals surface area contributed by atoms with Crippen molar-refractivity contribution in [3.05, 3.63) is 65.9 Å². The first-order valence-electron chi connectivity index (χ1n) is 8.73. The molecule has 0 saturated heterocycles. The minimum Gasteiger partial charge on any atom is -0.398 e. The molecule has 0 unspecified atom stereocenters. The summed E-state index contributed by atoms with van der Waals surface area (Å²) in [6, 6.07) is 17.9. The first-order chi connectivity index (χ1) is 13.7. The number of hydrogen-bond donors (Lipinski definition) is 2. The molecule has 29 heavy (non-hydrogen) atoms. The highest BCUT2D eigenvalue weighted by atomic mass is 35.6. The first kappa shape index (κ1) is 19.8. The second kappa shape index (κ2) is 7.06. The van der Waals surface area contributed by atoms with E-state index in [0.717, 1.165) is 26.9 Å². The Morgan fingerprint density at radius 2 is 1.34 bits per heavy atom. The third-order valence-corrected chi connectivity index (χ3v) is 5.49. The molecular weight excluding hydrogens is 431 g/mol. The molecule has 0 saturated carbocycles. The van der Waals surface area contributed by atoms with Crippen molar-refractivity contribution in [1.29, 1.82) is 0 Å². The van der Waals surface area contributed by atoms with Crippen molar-refractivity contribution in [2.45, 2.75) is 10.7 Å². The largest absolute Gasteiger partial charge is 0.398 e. The van der Waals surface area contributed by atoms with Gasteiger partial charge in [-0.3, -0.25) is 9.59 Å². The SMILES string of the molecule is CC(=O)/C(C(=O)Nc1cc2ccc3cccc4ccc(c1)c2c34)=C(/N)C(Cl)(Cl)Cl. The van der Waals surface area contributed by atoms with Crippen LogP contribution in [0.5, 0.6) is 0 Å². The van der Waals surface area contributed by atoms with Gasteiger partial charge in [-0.1, -0.05) is 77.3 Å². The van der Waals surface area contributed by atoms with E-state index in [0.29, 0.717) is 5.69 Å². The Bertz CT molecular complexity index is 1260. The zero-order chi connectivity index (χ0) is 20.9. The van der Waals surface area contributed by atoms with Gasteiger partial charge in [-0.05, 0) is 51.4 Å². The van der Waals surface area contributed by atoms with Crippen molar-refractivity contribution < 1.29 is 9.59 Å². The number of carbonyl (C=O) groups is 2. The van der Waals surface area contributed by atoms with Crippen LogP contribution in [0.3, 0.4) is 0 Å². The fraction of sp³-hybridized carbons (Fsp3) is 0.0909. The molecule has 4 rings (SSSR count). The number of Topliss-reactive ketones (excluding diaryl/α,β-unsaturated/α-hetero) is 1. The number of allylic oxidation sites excluding steroid dienone is 1. The van der Waals surface area contributed by atoms with Gasteiger partial charge < -0.3 is 11.1 Å². The molecule has 4 nitrogen and oxygen atoms in total. The number of anilines is 1. The quantitative estimate of drug-likeness (QED) is 0.140. The molecule has 0 aliphatic carbocycles. The van der Waals surface area contributed by atoms with Crippen molar-refractivity contribution >= 4 is 84.5 Å². The predicted molar refractivity (Wildman–Crippen MR) is 121 cm³/mol. The lowest BCUT2D eigenvalue weighted by atomic mass is 9.94. The maximum Gasteiger partial charge on any atom is 0.261 e. The van der Waals surface area contributed by atoms with Crippen LogP contribution in [-0.2, 0) is 9.59 Å². The van der Waals surface area contributed by atoms with Crippen LogP contribution in [0, 0.1) is 0 Å². The van der Waals surface area contributed by atoms with E-state index in [1.165, 1.54) is 12.3 Å². The van der Waals surface area contributed by atoms with Crippen LogP contribution in [0.25, 0.3) is 32.3 Å². The van der Waals surface area contributed by atoms with Gasteiger partial charge in [0.2, 0.25) is 3.79 Å². The predicted octanol–water partition coefficient (Wildman–Crippen LogP) is 5.69. The van der Waals surface area contributed by atoms with Crippen molar-refractivity contribution in [1.82, 2.24) is 0 Å². The minimum atomic E-state index is -2.06. The molecule has 0 aromatic heterocycles. The standard InChI is InChI=1S/C22H15Cl3N2O2/c1-11(28)17(20(26)22(23,24)25)21(29)27-16-9-14-7-5-12-3-2-4-13-6-8-15(10-16)19(14)18(12)13/h2-10H,26H2,1H3,(H,27,29)/b20-17-. The Kier molecular flexibility index (Phi) is 4.82. The minimum absolute atomic E-state index is 0.380. The van der Waals surface area contributed by atoms with Gasteiger partial charge in [0.1, 0.15) is 5.57 Å². The first-order valence-corrected chi connectivity index (χ1v) is 9.87. The lowest BCUT2D eigenvalue weighted by molar-refractivity contribution is -0.119. The normalized spacial score (nSPS) is 13.1. The highest BCUT2D eigenvalue weighted by molar-refractivity contribution is 6.69. The molecule has 3 N–H and O–H groups in total. The molecule has 0 radical (unpaired) electrons. The van der Waals surface area contributed by atoms with Crippen LogP contribution >= 0.6 is 34.8 Å². The highest BCUT2D eigenvalue weighted by Gasteiger charge is 2.31. The summed E-state index contributed by atoms with van der Waals surface area (Å²) in [5, 5.41) is 9.21. The Balaban J connectivity index is 1.82. The van der Waals surface area contributed by atoms with Crippen LogP contribution in [0.4, 0.5) is 5.69 Å². The van der Waals surface area contributed by atoms with E-state index < -0.39 is 21.2 Å². The van der Waals surface area contributed by atoms with Gasteiger partial charge in [0.25, 0.3) is 5.91 Å². The topological polar surface area (TPSA) is 72.2 Å². The zero-order valence-electron chi connectivity index (χ0n) is 15.2. The monoisotopic (exact) mass is 444 g/mol. The zero-order valence-corrected chi connectivity index (χ0v) is 17.5. The lowest BCUT2D eigenvalue weighted by Gasteiger charge is -2.17. The van der Waals surface area contributed by atoms with Crippen LogP contribution < -0.4 is 11.1 Å². The van der Waals surface area contributed by atoms with Gasteiger partial charge in [0.15, 0.2) is 5.78 Å². The number of nitrogens with two attached hydrogens (primary N) is 1. The Hall–Kier alpha value is -2.53. The number of amides is 1. The lowest BCUT2D eigenvalue weighted by Crippen LogP contribution is -2.28. The summed E-state index contributed by atoms with van der Waals surface area (Å²) in [7, 11) is 0. The van der Waals surface area contributed by atoms with Gasteiger partial charge in [0.05, 0.1) is 5.70 Å². The van der Waals surface area contributed by atoms with E-state index >= 15 is 0 Å². The fourth-order valence-electron chi connectivity index (χ4n) is 3.63. The van der Waals surface area contributed by atoms with E-state index in [9.17, 15) is 9.59 Å². The van der Waals surface area contributed by atoms with E-state index in [4.69, 9.17) is 40.5 Å². The van der Waals surface area contributed by atoms with E-state index in [1.54, 1.807) is 0 Å². The van der Waals surface area contributed by atoms with E-state index in [-0.39, 0.29) is 5.57 Å². The van der Waals surface area contributed by atoms with Crippen molar-refractivity contribution in [2.75, 3.05) is 5.32 Å². The number of benzene rings is 4. The van der Waals surface area contributed by atoms with Crippen LogP contribution in [-0.4, -0.2) is 15.5 Å². The fourth-order valence-corrected chi connectivity index (χ4v) is 3.92. The molecular formula is C22H15Cl3N2O2. The van der Waals surface area contributed by atoms with Crippen molar-refractivity contribution in [2.24, 2.45) is 5.73 Å². The molecule has 0 aliphatic rings. The molecule has 7 heteroatoms. The summed E-state index contributed by atoms with van der Waals surface area (Å²) in [5.41, 5.74) is 5.48. The summed E-state index contributed by atoms with van der Waals surface area (Å²) in [5.74, 6) is -1.32. The van der Waals surface area contributed by atoms with Crippen molar-refractivity contribution in [3.63, 3.8) is 0 Å². The Morgan fingerprint density at radius 3 is 1.83 bits per heavy atom. The second-order valence-electron chi connectivity index (χ2n) is 6.80. The molecule has 0 heterocycles. The maximum absolute atomic E-state index is 12.7. The van der Waals surface area contributed by atoms with Gasteiger partial charge in [-0.15, -0.1) is 0 Å². The molecule has 0 bridgehead atoms. The molecule has 146 valence electrons. The maximum atomic E-state index is 12.7. The van der Waals surface area contributed by atoms with Crippen LogP contribution in [0.1, 0.15) is 6.92 Å². The second-order valence-corrected chi connectivity index (χ2v) is 9.09. The molecule has 4 aromatic rings. The molecule has 0 atom stereocenters.